The van der Waals surface area contributed by atoms with E-state index in [0.717, 1.165) is 10.6 Å². The molecule has 1 amide bonds. The predicted molar refractivity (Wildman–Crippen MR) is 72.4 cm³/mol. The molecular weight excluding hydrogens is 274 g/mol. The van der Waals surface area contributed by atoms with E-state index >= 15 is 0 Å². The van der Waals surface area contributed by atoms with Crippen LogP contribution in [-0.4, -0.2) is 28.8 Å². The first-order chi connectivity index (χ1) is 8.45. The summed E-state index contributed by atoms with van der Waals surface area (Å²) in [6.07, 6.45) is 0. The van der Waals surface area contributed by atoms with Crippen molar-refractivity contribution < 1.29 is 14.7 Å². The first-order valence-corrected chi connectivity index (χ1v) is 6.78. The van der Waals surface area contributed by atoms with Gasteiger partial charge in [0, 0.05) is 9.92 Å². The number of carboxylic acid groups (broad SMARTS) is 1. The van der Waals surface area contributed by atoms with Crippen LogP contribution in [0, 0.1) is 0 Å². The molecular formula is C12H14ClNO3S. The van der Waals surface area contributed by atoms with Crippen molar-refractivity contribution in [3.8, 4) is 0 Å². The SMILES string of the molecule is CCSc1ccc(Cl)cc1C(=O)NC(C)C(=O)O. The van der Waals surface area contributed by atoms with E-state index in [2.05, 4.69) is 5.32 Å². The van der Waals surface area contributed by atoms with Crippen LogP contribution in [0.15, 0.2) is 23.1 Å². The molecule has 1 aromatic rings. The molecule has 0 aliphatic heterocycles. The van der Waals surface area contributed by atoms with Gasteiger partial charge in [-0.1, -0.05) is 18.5 Å². The van der Waals surface area contributed by atoms with Crippen molar-refractivity contribution >= 4 is 35.2 Å². The summed E-state index contributed by atoms with van der Waals surface area (Å²) < 4.78 is 0. The molecule has 0 aromatic heterocycles. The van der Waals surface area contributed by atoms with Gasteiger partial charge in [-0.25, -0.2) is 0 Å². The molecule has 0 spiro atoms. The van der Waals surface area contributed by atoms with Crippen molar-refractivity contribution in [2.24, 2.45) is 0 Å². The fourth-order valence-electron chi connectivity index (χ4n) is 1.30. The highest BCUT2D eigenvalue weighted by molar-refractivity contribution is 7.99. The molecule has 18 heavy (non-hydrogen) atoms. The fraction of sp³-hybridized carbons (Fsp3) is 0.333. The van der Waals surface area contributed by atoms with Gasteiger partial charge in [-0.15, -0.1) is 11.8 Å². The Kier molecular flexibility index (Phi) is 5.50. The van der Waals surface area contributed by atoms with Gasteiger partial charge in [0.25, 0.3) is 5.91 Å². The van der Waals surface area contributed by atoms with Crippen LogP contribution < -0.4 is 5.32 Å². The van der Waals surface area contributed by atoms with E-state index in [-0.39, 0.29) is 0 Å². The Morgan fingerprint density at radius 3 is 2.72 bits per heavy atom. The molecule has 98 valence electrons. The Balaban J connectivity index is 2.96. The Labute approximate surface area is 115 Å². The number of benzene rings is 1. The third-order valence-electron chi connectivity index (χ3n) is 2.20. The van der Waals surface area contributed by atoms with Crippen molar-refractivity contribution in [3.63, 3.8) is 0 Å². The molecule has 0 aliphatic carbocycles. The van der Waals surface area contributed by atoms with Crippen LogP contribution in [0.3, 0.4) is 0 Å². The molecule has 0 radical (unpaired) electrons. The van der Waals surface area contributed by atoms with E-state index in [4.69, 9.17) is 16.7 Å². The van der Waals surface area contributed by atoms with Gasteiger partial charge in [-0.05, 0) is 30.9 Å². The third kappa shape index (κ3) is 3.92. The zero-order chi connectivity index (χ0) is 13.7. The first kappa shape index (κ1) is 14.9. The lowest BCUT2D eigenvalue weighted by molar-refractivity contribution is -0.138. The van der Waals surface area contributed by atoms with Crippen molar-refractivity contribution in [2.45, 2.75) is 24.8 Å². The Bertz CT molecular complexity index is 465. The van der Waals surface area contributed by atoms with Crippen LogP contribution in [0.25, 0.3) is 0 Å². The Morgan fingerprint density at radius 2 is 2.17 bits per heavy atom. The quantitative estimate of drug-likeness (QED) is 0.817. The maximum absolute atomic E-state index is 12.0. The average molecular weight is 288 g/mol. The Hall–Kier alpha value is -1.20. The van der Waals surface area contributed by atoms with Crippen LogP contribution in [0.2, 0.25) is 5.02 Å². The minimum absolute atomic E-state index is 0.405. The molecule has 1 unspecified atom stereocenters. The number of carbonyl (C=O) groups is 2. The zero-order valence-corrected chi connectivity index (χ0v) is 11.6. The molecule has 1 atom stereocenters. The second-order valence-electron chi connectivity index (χ2n) is 3.61. The molecule has 1 rings (SSSR count). The number of thioether (sulfide) groups is 1. The number of rotatable bonds is 5. The summed E-state index contributed by atoms with van der Waals surface area (Å²) in [4.78, 5) is 23.4. The third-order valence-corrected chi connectivity index (χ3v) is 3.39. The molecule has 0 heterocycles. The van der Waals surface area contributed by atoms with Gasteiger partial charge in [0.05, 0.1) is 5.56 Å². The number of amides is 1. The smallest absolute Gasteiger partial charge is 0.325 e. The Morgan fingerprint density at radius 1 is 1.50 bits per heavy atom. The van der Waals surface area contributed by atoms with Crippen LogP contribution in [0.5, 0.6) is 0 Å². The van der Waals surface area contributed by atoms with Crippen molar-refractivity contribution in [3.05, 3.63) is 28.8 Å². The van der Waals surface area contributed by atoms with E-state index in [1.54, 1.807) is 18.2 Å². The average Bonchev–Trinajstić information content (AvgIpc) is 2.31. The van der Waals surface area contributed by atoms with Gasteiger partial charge in [-0.2, -0.15) is 0 Å². The van der Waals surface area contributed by atoms with Crippen LogP contribution in [0.1, 0.15) is 24.2 Å². The van der Waals surface area contributed by atoms with Crippen molar-refractivity contribution in [2.75, 3.05) is 5.75 Å². The number of hydrogen-bond donors (Lipinski definition) is 2. The number of hydrogen-bond acceptors (Lipinski definition) is 3. The van der Waals surface area contributed by atoms with E-state index in [0.29, 0.717) is 10.6 Å². The number of carboxylic acids is 1. The van der Waals surface area contributed by atoms with Crippen LogP contribution >= 0.6 is 23.4 Å². The van der Waals surface area contributed by atoms with Gasteiger partial charge >= 0.3 is 5.97 Å². The topological polar surface area (TPSA) is 66.4 Å². The summed E-state index contributed by atoms with van der Waals surface area (Å²) >= 11 is 7.36. The number of carbonyl (C=O) groups excluding carboxylic acids is 1. The summed E-state index contributed by atoms with van der Waals surface area (Å²) in [6.45, 7) is 3.39. The maximum atomic E-state index is 12.0. The molecule has 0 saturated carbocycles. The molecule has 0 fully saturated rings. The van der Waals surface area contributed by atoms with Gasteiger partial charge in [0.15, 0.2) is 0 Å². The number of nitrogens with one attached hydrogen (secondary N) is 1. The normalized spacial score (nSPS) is 11.9. The molecule has 0 bridgehead atoms. The molecule has 4 nitrogen and oxygen atoms in total. The van der Waals surface area contributed by atoms with Gasteiger partial charge < -0.3 is 10.4 Å². The lowest BCUT2D eigenvalue weighted by Gasteiger charge is -2.12. The van der Waals surface area contributed by atoms with Gasteiger partial charge in [0.2, 0.25) is 0 Å². The summed E-state index contributed by atoms with van der Waals surface area (Å²) in [5.74, 6) is -0.686. The van der Waals surface area contributed by atoms with Crippen LogP contribution in [0.4, 0.5) is 0 Å². The highest BCUT2D eigenvalue weighted by Gasteiger charge is 2.18. The molecule has 1 aromatic carbocycles. The maximum Gasteiger partial charge on any atom is 0.325 e. The number of aliphatic carboxylic acids is 1. The van der Waals surface area contributed by atoms with Gasteiger partial charge in [-0.3, -0.25) is 9.59 Å². The van der Waals surface area contributed by atoms with E-state index in [1.807, 2.05) is 6.92 Å². The van der Waals surface area contributed by atoms with Gasteiger partial charge in [0.1, 0.15) is 6.04 Å². The molecule has 6 heteroatoms. The minimum Gasteiger partial charge on any atom is -0.480 e. The monoisotopic (exact) mass is 287 g/mol. The molecule has 0 aliphatic rings. The lowest BCUT2D eigenvalue weighted by atomic mass is 10.2. The largest absolute Gasteiger partial charge is 0.480 e. The predicted octanol–water partition coefficient (Wildman–Crippen LogP) is 2.65. The summed E-state index contributed by atoms with van der Waals surface area (Å²) in [6, 6.07) is 4.08. The molecule has 2 N–H and O–H groups in total. The zero-order valence-electron chi connectivity index (χ0n) is 10.1. The second kappa shape index (κ2) is 6.66. The van der Waals surface area contributed by atoms with Crippen LogP contribution in [-0.2, 0) is 4.79 Å². The highest BCUT2D eigenvalue weighted by atomic mass is 35.5. The fourth-order valence-corrected chi connectivity index (χ4v) is 2.25. The second-order valence-corrected chi connectivity index (χ2v) is 5.35. The van der Waals surface area contributed by atoms with Crippen molar-refractivity contribution in [1.82, 2.24) is 5.32 Å². The number of halogens is 1. The van der Waals surface area contributed by atoms with Crippen molar-refractivity contribution in [1.29, 1.82) is 0 Å². The summed E-state index contributed by atoms with van der Waals surface area (Å²) in [7, 11) is 0. The minimum atomic E-state index is -1.07. The lowest BCUT2D eigenvalue weighted by Crippen LogP contribution is -2.38. The first-order valence-electron chi connectivity index (χ1n) is 5.41. The summed E-state index contributed by atoms with van der Waals surface area (Å²) in [5.41, 5.74) is 0.405. The van der Waals surface area contributed by atoms with E-state index in [1.165, 1.54) is 18.7 Å². The molecule has 0 saturated heterocycles. The van der Waals surface area contributed by atoms with E-state index in [9.17, 15) is 9.59 Å². The summed E-state index contributed by atoms with van der Waals surface area (Å²) in [5, 5.41) is 11.6. The highest BCUT2D eigenvalue weighted by Crippen LogP contribution is 2.25. The standard InChI is InChI=1S/C12H14ClNO3S/c1-3-18-10-5-4-8(13)6-9(10)11(15)14-7(2)12(16)17/h4-7H,3H2,1-2H3,(H,14,15)(H,16,17). The van der Waals surface area contributed by atoms with E-state index < -0.39 is 17.9 Å².